The van der Waals surface area contributed by atoms with Gasteiger partial charge in [-0.25, -0.2) is 0 Å². The molecule has 3 aromatic rings. The summed E-state index contributed by atoms with van der Waals surface area (Å²) in [5.41, 5.74) is 2.31. The number of aliphatic hydroxyl groups excluding tert-OH is 1. The lowest BCUT2D eigenvalue weighted by atomic mass is 10.00. The lowest BCUT2D eigenvalue weighted by Crippen LogP contribution is -2.00. The van der Waals surface area contributed by atoms with Crippen LogP contribution in [-0.4, -0.2) is 11.7 Å². The lowest BCUT2D eigenvalue weighted by molar-refractivity contribution is 0.284. The summed E-state index contributed by atoms with van der Waals surface area (Å²) in [6.07, 6.45) is 1.55. The van der Waals surface area contributed by atoms with Gasteiger partial charge in [0.05, 0.1) is 0 Å². The molecule has 0 saturated carbocycles. The zero-order valence-electron chi connectivity index (χ0n) is 12.8. The predicted octanol–water partition coefficient (Wildman–Crippen LogP) is 5.11. The van der Waals surface area contributed by atoms with Gasteiger partial charge in [0, 0.05) is 16.6 Å². The Kier molecular flexibility index (Phi) is 5.31. The summed E-state index contributed by atoms with van der Waals surface area (Å²) >= 11 is 3.44. The number of aliphatic hydroxyl groups is 1. The molecule has 0 spiro atoms. The summed E-state index contributed by atoms with van der Waals surface area (Å²) in [7, 11) is 0. The van der Waals surface area contributed by atoms with Gasteiger partial charge >= 0.3 is 0 Å². The molecule has 0 unspecified atom stereocenters. The highest BCUT2D eigenvalue weighted by atomic mass is 79.9. The van der Waals surface area contributed by atoms with Crippen molar-refractivity contribution in [3.63, 3.8) is 0 Å². The fourth-order valence-corrected chi connectivity index (χ4v) is 2.97. The molecule has 0 aliphatic carbocycles. The lowest BCUT2D eigenvalue weighted by Gasteiger charge is -2.14. The van der Waals surface area contributed by atoms with E-state index in [0.717, 1.165) is 28.6 Å². The predicted molar refractivity (Wildman–Crippen MR) is 97.8 cm³/mol. The van der Waals surface area contributed by atoms with E-state index in [1.807, 2.05) is 30.3 Å². The zero-order valence-corrected chi connectivity index (χ0v) is 14.4. The summed E-state index contributed by atoms with van der Waals surface area (Å²) in [6.45, 7) is 0.729. The van der Waals surface area contributed by atoms with E-state index in [-0.39, 0.29) is 6.61 Å². The number of ether oxygens (including phenoxy) is 1. The SMILES string of the molecule is OCCCc1c(OCc2ccc(Br)cc2)ccc2ccccc12. The first-order valence-corrected chi connectivity index (χ1v) is 8.56. The first kappa shape index (κ1) is 16.0. The molecule has 3 aromatic carbocycles. The Morgan fingerprint density at radius 2 is 1.70 bits per heavy atom. The van der Waals surface area contributed by atoms with Crippen molar-refractivity contribution in [2.45, 2.75) is 19.4 Å². The second-order valence-electron chi connectivity index (χ2n) is 5.51. The quantitative estimate of drug-likeness (QED) is 0.653. The maximum Gasteiger partial charge on any atom is 0.123 e. The van der Waals surface area contributed by atoms with Crippen LogP contribution in [0.4, 0.5) is 0 Å². The molecule has 0 heterocycles. The summed E-state index contributed by atoms with van der Waals surface area (Å²) in [5, 5.41) is 11.6. The summed E-state index contributed by atoms with van der Waals surface area (Å²) in [5.74, 6) is 0.903. The molecule has 1 N–H and O–H groups in total. The van der Waals surface area contributed by atoms with Crippen molar-refractivity contribution in [3.05, 3.63) is 76.3 Å². The minimum absolute atomic E-state index is 0.190. The standard InChI is InChI=1S/C20H19BrO2/c21-17-10-7-15(8-11-17)14-23-20-12-9-16-4-1-2-5-18(16)19(20)6-3-13-22/h1-2,4-5,7-12,22H,3,6,13-14H2. The average molecular weight is 371 g/mol. The van der Waals surface area contributed by atoms with E-state index in [1.54, 1.807) is 0 Å². The van der Waals surface area contributed by atoms with Crippen LogP contribution in [-0.2, 0) is 13.0 Å². The summed E-state index contributed by atoms with van der Waals surface area (Å²) in [6, 6.07) is 20.6. The fourth-order valence-electron chi connectivity index (χ4n) is 2.71. The van der Waals surface area contributed by atoms with Crippen LogP contribution in [0.25, 0.3) is 10.8 Å². The number of fused-ring (bicyclic) bond motifs is 1. The molecule has 0 fully saturated rings. The van der Waals surface area contributed by atoms with Crippen LogP contribution in [0.3, 0.4) is 0 Å². The van der Waals surface area contributed by atoms with E-state index in [0.29, 0.717) is 6.61 Å². The summed E-state index contributed by atoms with van der Waals surface area (Å²) < 4.78 is 7.14. The largest absolute Gasteiger partial charge is 0.489 e. The molecule has 0 bridgehead atoms. The van der Waals surface area contributed by atoms with E-state index in [4.69, 9.17) is 4.74 Å². The van der Waals surface area contributed by atoms with Crippen LogP contribution in [0.5, 0.6) is 5.75 Å². The van der Waals surface area contributed by atoms with Crippen LogP contribution in [0.2, 0.25) is 0 Å². The average Bonchev–Trinajstić information content (AvgIpc) is 2.59. The number of rotatable bonds is 6. The van der Waals surface area contributed by atoms with Crippen molar-refractivity contribution in [2.75, 3.05) is 6.61 Å². The van der Waals surface area contributed by atoms with Gasteiger partial charge in [0.15, 0.2) is 0 Å². The van der Waals surface area contributed by atoms with Gasteiger partial charge < -0.3 is 9.84 Å². The third kappa shape index (κ3) is 3.92. The number of hydrogen-bond acceptors (Lipinski definition) is 2. The highest BCUT2D eigenvalue weighted by molar-refractivity contribution is 9.10. The van der Waals surface area contributed by atoms with Gasteiger partial charge in [-0.2, -0.15) is 0 Å². The molecule has 0 amide bonds. The van der Waals surface area contributed by atoms with E-state index in [2.05, 4.69) is 46.3 Å². The molecule has 118 valence electrons. The normalized spacial score (nSPS) is 10.9. The van der Waals surface area contributed by atoms with Crippen molar-refractivity contribution >= 4 is 26.7 Å². The van der Waals surface area contributed by atoms with Crippen molar-refractivity contribution in [1.82, 2.24) is 0 Å². The van der Waals surface area contributed by atoms with Gasteiger partial charge in [0.2, 0.25) is 0 Å². The van der Waals surface area contributed by atoms with Crippen LogP contribution >= 0.6 is 15.9 Å². The van der Waals surface area contributed by atoms with Crippen molar-refractivity contribution in [2.24, 2.45) is 0 Å². The van der Waals surface area contributed by atoms with E-state index in [9.17, 15) is 5.11 Å². The molecule has 3 heteroatoms. The topological polar surface area (TPSA) is 29.5 Å². The molecule has 23 heavy (non-hydrogen) atoms. The number of halogens is 1. The van der Waals surface area contributed by atoms with Gasteiger partial charge in [-0.05, 0) is 47.4 Å². The molecule has 3 rings (SSSR count). The monoisotopic (exact) mass is 370 g/mol. The van der Waals surface area contributed by atoms with Gasteiger partial charge in [-0.15, -0.1) is 0 Å². The van der Waals surface area contributed by atoms with Crippen molar-refractivity contribution in [3.8, 4) is 5.75 Å². The summed E-state index contributed by atoms with van der Waals surface area (Å²) in [4.78, 5) is 0. The van der Waals surface area contributed by atoms with Gasteiger partial charge in [0.1, 0.15) is 12.4 Å². The molecule has 0 saturated heterocycles. The second kappa shape index (κ2) is 7.62. The van der Waals surface area contributed by atoms with Gasteiger partial charge in [-0.1, -0.05) is 58.4 Å². The minimum Gasteiger partial charge on any atom is -0.489 e. The first-order valence-electron chi connectivity index (χ1n) is 7.76. The zero-order chi connectivity index (χ0) is 16.1. The van der Waals surface area contributed by atoms with Gasteiger partial charge in [0.25, 0.3) is 0 Å². The van der Waals surface area contributed by atoms with Crippen LogP contribution in [0, 0.1) is 0 Å². The van der Waals surface area contributed by atoms with E-state index in [1.165, 1.54) is 16.3 Å². The molecule has 0 atom stereocenters. The maximum absolute atomic E-state index is 9.18. The molecule has 0 aromatic heterocycles. The molecule has 0 radical (unpaired) electrons. The van der Waals surface area contributed by atoms with Crippen molar-refractivity contribution in [1.29, 1.82) is 0 Å². The van der Waals surface area contributed by atoms with Crippen LogP contribution in [0.15, 0.2) is 65.1 Å². The first-order chi connectivity index (χ1) is 11.3. The van der Waals surface area contributed by atoms with Gasteiger partial charge in [-0.3, -0.25) is 0 Å². The molecule has 0 aliphatic heterocycles. The molecular weight excluding hydrogens is 352 g/mol. The highest BCUT2D eigenvalue weighted by Gasteiger charge is 2.09. The Bertz CT molecular complexity index is 781. The smallest absolute Gasteiger partial charge is 0.123 e. The molecule has 0 aliphatic rings. The number of benzene rings is 3. The fraction of sp³-hybridized carbons (Fsp3) is 0.200. The second-order valence-corrected chi connectivity index (χ2v) is 6.42. The molecule has 2 nitrogen and oxygen atoms in total. The maximum atomic E-state index is 9.18. The Balaban J connectivity index is 1.87. The number of hydrogen-bond donors (Lipinski definition) is 1. The minimum atomic E-state index is 0.190. The molecular formula is C20H19BrO2. The number of aryl methyl sites for hydroxylation is 1. The Morgan fingerprint density at radius 3 is 2.48 bits per heavy atom. The third-order valence-corrected chi connectivity index (χ3v) is 4.42. The van der Waals surface area contributed by atoms with Crippen LogP contribution in [0.1, 0.15) is 17.5 Å². The van der Waals surface area contributed by atoms with Crippen LogP contribution < -0.4 is 4.74 Å². The Hall–Kier alpha value is -1.84. The van der Waals surface area contributed by atoms with E-state index >= 15 is 0 Å². The Labute approximate surface area is 144 Å². The highest BCUT2D eigenvalue weighted by Crippen LogP contribution is 2.30. The Morgan fingerprint density at radius 1 is 0.913 bits per heavy atom. The van der Waals surface area contributed by atoms with E-state index < -0.39 is 0 Å². The third-order valence-electron chi connectivity index (χ3n) is 3.89. The van der Waals surface area contributed by atoms with Crippen molar-refractivity contribution < 1.29 is 9.84 Å².